The maximum atomic E-state index is 10.2. The summed E-state index contributed by atoms with van der Waals surface area (Å²) < 4.78 is 5.27. The summed E-state index contributed by atoms with van der Waals surface area (Å²) in [6, 6.07) is 9.15. The van der Waals surface area contributed by atoms with Crippen LogP contribution in [-0.4, -0.2) is 17.2 Å². The van der Waals surface area contributed by atoms with Gasteiger partial charge in [0.15, 0.2) is 0 Å². The summed E-state index contributed by atoms with van der Waals surface area (Å²) in [6.07, 6.45) is 1.44. The Kier molecular flexibility index (Phi) is 4.40. The van der Waals surface area contributed by atoms with Crippen LogP contribution in [0.1, 0.15) is 22.9 Å². The van der Waals surface area contributed by atoms with Gasteiger partial charge in [0.1, 0.15) is 11.9 Å². The van der Waals surface area contributed by atoms with E-state index >= 15 is 0 Å². The summed E-state index contributed by atoms with van der Waals surface area (Å²) in [6.45, 7) is 1.97. The fourth-order valence-corrected chi connectivity index (χ4v) is 2.16. The zero-order valence-electron chi connectivity index (χ0n) is 10.9. The molecule has 0 amide bonds. The first kappa shape index (κ1) is 13.8. The van der Waals surface area contributed by atoms with E-state index in [0.29, 0.717) is 17.1 Å². The van der Waals surface area contributed by atoms with Gasteiger partial charge in [0.05, 0.1) is 12.8 Å². The molecular weight excluding hydrogens is 262 g/mol. The highest BCUT2D eigenvalue weighted by atomic mass is 35.5. The minimum atomic E-state index is -0.674. The van der Waals surface area contributed by atoms with Crippen LogP contribution >= 0.6 is 11.6 Å². The number of pyridine rings is 1. The molecule has 2 aromatic rings. The molecule has 100 valence electrons. The summed E-state index contributed by atoms with van der Waals surface area (Å²) in [5.74, 6) is 0.719. The van der Waals surface area contributed by atoms with Crippen LogP contribution in [0.4, 0.5) is 0 Å². The molecule has 0 radical (unpaired) electrons. The molecule has 1 heterocycles. The first-order valence-corrected chi connectivity index (χ1v) is 6.41. The molecule has 1 atom stereocenters. The molecular formula is C15H16ClNO2. The van der Waals surface area contributed by atoms with Crippen LogP contribution in [0, 0.1) is 6.92 Å². The highest BCUT2D eigenvalue weighted by Crippen LogP contribution is 2.27. The SMILES string of the molecule is COc1ccc(Cl)cc1CC(O)c1cc(C)ccn1. The Balaban J connectivity index is 2.23. The minimum Gasteiger partial charge on any atom is -0.496 e. The molecule has 19 heavy (non-hydrogen) atoms. The van der Waals surface area contributed by atoms with Gasteiger partial charge in [-0.15, -0.1) is 0 Å². The molecule has 1 unspecified atom stereocenters. The number of halogens is 1. The van der Waals surface area contributed by atoms with Crippen molar-refractivity contribution in [1.29, 1.82) is 0 Å². The summed E-state index contributed by atoms with van der Waals surface area (Å²) in [5.41, 5.74) is 2.59. The number of ether oxygens (including phenoxy) is 1. The normalized spacial score (nSPS) is 12.2. The van der Waals surface area contributed by atoms with Gasteiger partial charge in [-0.1, -0.05) is 11.6 Å². The molecule has 3 nitrogen and oxygen atoms in total. The summed E-state index contributed by atoms with van der Waals surface area (Å²) in [4.78, 5) is 4.19. The largest absolute Gasteiger partial charge is 0.496 e. The van der Waals surface area contributed by atoms with E-state index in [4.69, 9.17) is 16.3 Å². The average molecular weight is 278 g/mol. The molecule has 0 fully saturated rings. The highest BCUT2D eigenvalue weighted by Gasteiger charge is 2.13. The summed E-state index contributed by atoms with van der Waals surface area (Å²) in [7, 11) is 1.60. The fraction of sp³-hybridized carbons (Fsp3) is 0.267. The van der Waals surface area contributed by atoms with Gasteiger partial charge in [-0.2, -0.15) is 0 Å². The lowest BCUT2D eigenvalue weighted by Crippen LogP contribution is -2.05. The third-order valence-electron chi connectivity index (χ3n) is 2.93. The van der Waals surface area contributed by atoms with Gasteiger partial charge in [0.2, 0.25) is 0 Å². The Morgan fingerprint density at radius 1 is 1.32 bits per heavy atom. The monoisotopic (exact) mass is 277 g/mol. The molecule has 4 heteroatoms. The number of benzene rings is 1. The predicted octanol–water partition coefficient (Wildman–Crippen LogP) is 3.33. The lowest BCUT2D eigenvalue weighted by molar-refractivity contribution is 0.172. The third kappa shape index (κ3) is 3.46. The predicted molar refractivity (Wildman–Crippen MR) is 75.6 cm³/mol. The number of methoxy groups -OCH3 is 1. The Morgan fingerprint density at radius 3 is 2.79 bits per heavy atom. The first-order valence-electron chi connectivity index (χ1n) is 6.03. The highest BCUT2D eigenvalue weighted by molar-refractivity contribution is 6.30. The van der Waals surface area contributed by atoms with Crippen molar-refractivity contribution in [3.63, 3.8) is 0 Å². The van der Waals surface area contributed by atoms with Crippen LogP contribution in [0.25, 0.3) is 0 Å². The van der Waals surface area contributed by atoms with E-state index in [0.717, 1.165) is 16.9 Å². The van der Waals surface area contributed by atoms with Gasteiger partial charge < -0.3 is 9.84 Å². The molecule has 0 saturated heterocycles. The number of nitrogens with zero attached hydrogens (tertiary/aromatic N) is 1. The fourth-order valence-electron chi connectivity index (χ4n) is 1.96. The second-order valence-electron chi connectivity index (χ2n) is 4.43. The number of rotatable bonds is 4. The Labute approximate surface area is 117 Å². The number of aromatic nitrogens is 1. The lowest BCUT2D eigenvalue weighted by Gasteiger charge is -2.13. The maximum absolute atomic E-state index is 10.2. The quantitative estimate of drug-likeness (QED) is 0.932. The summed E-state index contributed by atoms with van der Waals surface area (Å²) >= 11 is 5.98. The topological polar surface area (TPSA) is 42.4 Å². The number of hydrogen-bond acceptors (Lipinski definition) is 3. The van der Waals surface area contributed by atoms with E-state index in [2.05, 4.69) is 4.98 Å². The molecule has 0 spiro atoms. The Hall–Kier alpha value is -1.58. The van der Waals surface area contributed by atoms with E-state index in [-0.39, 0.29) is 0 Å². The van der Waals surface area contributed by atoms with Gasteiger partial charge >= 0.3 is 0 Å². The third-order valence-corrected chi connectivity index (χ3v) is 3.17. The summed E-state index contributed by atoms with van der Waals surface area (Å²) in [5, 5.41) is 10.9. The number of hydrogen-bond donors (Lipinski definition) is 1. The van der Waals surface area contributed by atoms with Crippen LogP contribution in [-0.2, 0) is 6.42 Å². The van der Waals surface area contributed by atoms with Crippen LogP contribution in [0.2, 0.25) is 5.02 Å². The zero-order valence-corrected chi connectivity index (χ0v) is 11.7. The molecule has 1 N–H and O–H groups in total. The first-order chi connectivity index (χ1) is 9.10. The van der Waals surface area contributed by atoms with Crippen LogP contribution in [0.3, 0.4) is 0 Å². The van der Waals surface area contributed by atoms with Gasteiger partial charge in [-0.25, -0.2) is 0 Å². The molecule has 0 aliphatic carbocycles. The minimum absolute atomic E-state index is 0.417. The van der Waals surface area contributed by atoms with Crippen LogP contribution in [0.5, 0.6) is 5.75 Å². The average Bonchev–Trinajstić information content (AvgIpc) is 2.39. The second-order valence-corrected chi connectivity index (χ2v) is 4.87. The molecule has 0 aliphatic heterocycles. The van der Waals surface area contributed by atoms with Crippen molar-refractivity contribution >= 4 is 11.6 Å². The lowest BCUT2D eigenvalue weighted by atomic mass is 10.0. The van der Waals surface area contributed by atoms with Crippen molar-refractivity contribution in [3.8, 4) is 5.75 Å². The molecule has 0 aliphatic rings. The maximum Gasteiger partial charge on any atom is 0.122 e. The van der Waals surface area contributed by atoms with E-state index in [1.807, 2.05) is 19.1 Å². The molecule has 0 bridgehead atoms. The standard InChI is InChI=1S/C15H16ClNO2/c1-10-5-6-17-13(7-10)14(18)9-11-8-12(16)3-4-15(11)19-2/h3-8,14,18H,9H2,1-2H3. The molecule has 1 aromatic carbocycles. The number of aliphatic hydroxyl groups is 1. The van der Waals surface area contributed by atoms with Crippen molar-refractivity contribution in [1.82, 2.24) is 4.98 Å². The molecule has 1 aromatic heterocycles. The van der Waals surface area contributed by atoms with E-state index in [1.54, 1.807) is 31.5 Å². The van der Waals surface area contributed by atoms with Crippen molar-refractivity contribution in [3.05, 3.63) is 58.4 Å². The smallest absolute Gasteiger partial charge is 0.122 e. The van der Waals surface area contributed by atoms with Crippen molar-refractivity contribution in [2.75, 3.05) is 7.11 Å². The van der Waals surface area contributed by atoms with E-state index in [1.165, 1.54) is 0 Å². The Morgan fingerprint density at radius 2 is 2.11 bits per heavy atom. The van der Waals surface area contributed by atoms with Gasteiger partial charge in [-0.3, -0.25) is 4.98 Å². The van der Waals surface area contributed by atoms with Gasteiger partial charge in [0.25, 0.3) is 0 Å². The van der Waals surface area contributed by atoms with Crippen molar-refractivity contribution < 1.29 is 9.84 Å². The van der Waals surface area contributed by atoms with Crippen molar-refractivity contribution in [2.45, 2.75) is 19.4 Å². The van der Waals surface area contributed by atoms with Crippen LogP contribution in [0.15, 0.2) is 36.5 Å². The van der Waals surface area contributed by atoms with E-state index in [9.17, 15) is 5.11 Å². The van der Waals surface area contributed by atoms with Crippen LogP contribution < -0.4 is 4.74 Å². The number of aliphatic hydroxyl groups excluding tert-OH is 1. The van der Waals surface area contributed by atoms with Gasteiger partial charge in [0, 0.05) is 17.6 Å². The zero-order chi connectivity index (χ0) is 13.8. The number of aryl methyl sites for hydroxylation is 1. The second kappa shape index (κ2) is 6.04. The molecule has 2 rings (SSSR count). The van der Waals surface area contributed by atoms with Gasteiger partial charge in [-0.05, 0) is 48.4 Å². The Bertz CT molecular complexity index is 572. The molecule has 0 saturated carbocycles. The van der Waals surface area contributed by atoms with E-state index < -0.39 is 6.10 Å². The van der Waals surface area contributed by atoms with Crippen molar-refractivity contribution in [2.24, 2.45) is 0 Å².